The Morgan fingerprint density at radius 3 is 2.89 bits per heavy atom. The van der Waals surface area contributed by atoms with E-state index in [1.807, 2.05) is 33.0 Å². The summed E-state index contributed by atoms with van der Waals surface area (Å²) >= 11 is 3.48. The fourth-order valence-electron chi connectivity index (χ4n) is 2.46. The molecule has 0 saturated carbocycles. The van der Waals surface area contributed by atoms with Crippen molar-refractivity contribution < 1.29 is 9.84 Å². The lowest BCUT2D eigenvalue weighted by molar-refractivity contribution is 0.0344. The normalized spacial score (nSPS) is 18.9. The SMILES string of the molecule is CN(CC1Cc2cc(Br)ccc2O1)CC(C)(C)O. The van der Waals surface area contributed by atoms with Gasteiger partial charge in [-0.1, -0.05) is 15.9 Å². The quantitative estimate of drug-likeness (QED) is 0.927. The fraction of sp³-hybridized carbons (Fsp3) is 0.571. The zero-order chi connectivity index (χ0) is 13.3. The molecule has 0 fully saturated rings. The molecule has 1 heterocycles. The minimum atomic E-state index is -0.663. The van der Waals surface area contributed by atoms with Gasteiger partial charge in [0.25, 0.3) is 0 Å². The lowest BCUT2D eigenvalue weighted by Crippen LogP contribution is -2.41. The van der Waals surface area contributed by atoms with Crippen molar-refractivity contribution >= 4 is 15.9 Å². The van der Waals surface area contributed by atoms with E-state index in [4.69, 9.17) is 4.74 Å². The van der Waals surface area contributed by atoms with Crippen LogP contribution in [0.2, 0.25) is 0 Å². The Kier molecular flexibility index (Phi) is 3.99. The molecule has 0 saturated heterocycles. The van der Waals surface area contributed by atoms with Crippen molar-refractivity contribution in [1.29, 1.82) is 0 Å². The van der Waals surface area contributed by atoms with E-state index in [0.29, 0.717) is 6.54 Å². The van der Waals surface area contributed by atoms with Gasteiger partial charge in [0.05, 0.1) is 5.60 Å². The molecule has 0 spiro atoms. The number of ether oxygens (including phenoxy) is 1. The lowest BCUT2D eigenvalue weighted by Gasteiger charge is -2.27. The van der Waals surface area contributed by atoms with E-state index in [-0.39, 0.29) is 6.10 Å². The average Bonchev–Trinajstić information content (AvgIpc) is 2.55. The average molecular weight is 314 g/mol. The molecule has 1 unspecified atom stereocenters. The van der Waals surface area contributed by atoms with Crippen LogP contribution in [-0.2, 0) is 6.42 Å². The highest BCUT2D eigenvalue weighted by Crippen LogP contribution is 2.31. The maximum absolute atomic E-state index is 9.78. The third kappa shape index (κ3) is 3.70. The molecular weight excluding hydrogens is 294 g/mol. The van der Waals surface area contributed by atoms with E-state index >= 15 is 0 Å². The number of likely N-dealkylation sites (N-methyl/N-ethyl adjacent to an activating group) is 1. The molecular formula is C14H20BrNO2. The summed E-state index contributed by atoms with van der Waals surface area (Å²) in [6, 6.07) is 6.13. The molecule has 0 aliphatic carbocycles. The Morgan fingerprint density at radius 2 is 2.22 bits per heavy atom. The summed E-state index contributed by atoms with van der Waals surface area (Å²) in [5.74, 6) is 0.986. The first kappa shape index (κ1) is 13.8. The molecule has 1 aliphatic rings. The standard InChI is InChI=1S/C14H20BrNO2/c1-14(2,17)9-16(3)8-12-7-10-6-11(15)4-5-13(10)18-12/h4-6,12,17H,7-9H2,1-3H3. The van der Waals surface area contributed by atoms with Crippen LogP contribution in [0.4, 0.5) is 0 Å². The van der Waals surface area contributed by atoms with Crippen LogP contribution in [0, 0.1) is 0 Å². The zero-order valence-corrected chi connectivity index (χ0v) is 12.7. The molecule has 1 aliphatic heterocycles. The monoisotopic (exact) mass is 313 g/mol. The van der Waals surface area contributed by atoms with Crippen molar-refractivity contribution in [2.24, 2.45) is 0 Å². The number of hydrogen-bond donors (Lipinski definition) is 1. The molecule has 0 aromatic heterocycles. The Labute approximate surface area is 117 Å². The second-order valence-electron chi connectivity index (χ2n) is 5.71. The van der Waals surface area contributed by atoms with Crippen LogP contribution in [0.3, 0.4) is 0 Å². The van der Waals surface area contributed by atoms with Crippen molar-refractivity contribution in [2.75, 3.05) is 20.1 Å². The Balaban J connectivity index is 1.91. The number of fused-ring (bicyclic) bond motifs is 1. The van der Waals surface area contributed by atoms with Crippen molar-refractivity contribution in [3.05, 3.63) is 28.2 Å². The van der Waals surface area contributed by atoms with Gasteiger partial charge in [0.1, 0.15) is 11.9 Å². The van der Waals surface area contributed by atoms with Gasteiger partial charge in [0.15, 0.2) is 0 Å². The highest BCUT2D eigenvalue weighted by atomic mass is 79.9. The number of halogens is 1. The summed E-state index contributed by atoms with van der Waals surface area (Å²) < 4.78 is 7.00. The molecule has 1 aromatic carbocycles. The number of rotatable bonds is 4. The summed E-state index contributed by atoms with van der Waals surface area (Å²) in [6.07, 6.45) is 1.12. The van der Waals surface area contributed by atoms with E-state index in [1.54, 1.807) is 0 Å². The van der Waals surface area contributed by atoms with Crippen LogP contribution in [0.5, 0.6) is 5.75 Å². The van der Waals surface area contributed by atoms with Gasteiger partial charge in [0.2, 0.25) is 0 Å². The van der Waals surface area contributed by atoms with Crippen LogP contribution in [0.1, 0.15) is 19.4 Å². The van der Waals surface area contributed by atoms with Crippen LogP contribution >= 0.6 is 15.9 Å². The van der Waals surface area contributed by atoms with Crippen molar-refractivity contribution in [3.8, 4) is 5.75 Å². The smallest absolute Gasteiger partial charge is 0.123 e. The molecule has 100 valence electrons. The lowest BCUT2D eigenvalue weighted by atomic mass is 10.1. The highest BCUT2D eigenvalue weighted by molar-refractivity contribution is 9.10. The molecule has 0 radical (unpaired) electrons. The number of aliphatic hydroxyl groups is 1. The van der Waals surface area contributed by atoms with E-state index in [1.165, 1.54) is 5.56 Å². The van der Waals surface area contributed by atoms with Gasteiger partial charge in [-0.25, -0.2) is 0 Å². The van der Waals surface area contributed by atoms with E-state index in [2.05, 4.69) is 26.9 Å². The molecule has 4 heteroatoms. The first-order chi connectivity index (χ1) is 8.33. The topological polar surface area (TPSA) is 32.7 Å². The fourth-order valence-corrected chi connectivity index (χ4v) is 2.87. The molecule has 1 aromatic rings. The molecule has 2 rings (SSSR count). The first-order valence-corrected chi connectivity index (χ1v) is 6.99. The third-order valence-corrected chi connectivity index (χ3v) is 3.43. The van der Waals surface area contributed by atoms with E-state index in [0.717, 1.165) is 23.2 Å². The zero-order valence-electron chi connectivity index (χ0n) is 11.1. The molecule has 0 amide bonds. The van der Waals surface area contributed by atoms with Crippen molar-refractivity contribution in [2.45, 2.75) is 32.0 Å². The van der Waals surface area contributed by atoms with Crippen LogP contribution in [-0.4, -0.2) is 41.8 Å². The summed E-state index contributed by atoms with van der Waals surface area (Å²) in [5.41, 5.74) is 0.592. The largest absolute Gasteiger partial charge is 0.488 e. The van der Waals surface area contributed by atoms with Gasteiger partial charge >= 0.3 is 0 Å². The first-order valence-electron chi connectivity index (χ1n) is 6.19. The van der Waals surface area contributed by atoms with Gasteiger partial charge in [-0.2, -0.15) is 0 Å². The molecule has 0 bridgehead atoms. The second-order valence-corrected chi connectivity index (χ2v) is 6.62. The molecule has 3 nitrogen and oxygen atoms in total. The number of nitrogens with zero attached hydrogens (tertiary/aromatic N) is 1. The van der Waals surface area contributed by atoms with E-state index in [9.17, 15) is 5.11 Å². The van der Waals surface area contributed by atoms with Crippen LogP contribution in [0.25, 0.3) is 0 Å². The summed E-state index contributed by atoms with van der Waals surface area (Å²) in [5, 5.41) is 9.78. The van der Waals surface area contributed by atoms with Gasteiger partial charge in [-0.15, -0.1) is 0 Å². The van der Waals surface area contributed by atoms with Crippen LogP contribution in [0.15, 0.2) is 22.7 Å². The van der Waals surface area contributed by atoms with Crippen molar-refractivity contribution in [3.63, 3.8) is 0 Å². The Hall–Kier alpha value is -0.580. The molecule has 18 heavy (non-hydrogen) atoms. The summed E-state index contributed by atoms with van der Waals surface area (Å²) in [6.45, 7) is 5.12. The van der Waals surface area contributed by atoms with Gasteiger partial charge in [0, 0.05) is 24.0 Å². The summed E-state index contributed by atoms with van der Waals surface area (Å²) in [4.78, 5) is 2.12. The highest BCUT2D eigenvalue weighted by Gasteiger charge is 2.25. The maximum atomic E-state index is 9.78. The predicted molar refractivity (Wildman–Crippen MR) is 76.1 cm³/mol. The van der Waals surface area contributed by atoms with Gasteiger partial charge in [-0.3, -0.25) is 4.90 Å². The second kappa shape index (κ2) is 5.19. The van der Waals surface area contributed by atoms with E-state index < -0.39 is 5.60 Å². The maximum Gasteiger partial charge on any atom is 0.123 e. The number of hydrogen-bond acceptors (Lipinski definition) is 3. The number of benzene rings is 1. The van der Waals surface area contributed by atoms with Crippen LogP contribution < -0.4 is 4.74 Å². The third-order valence-electron chi connectivity index (χ3n) is 2.94. The minimum absolute atomic E-state index is 0.182. The van der Waals surface area contributed by atoms with Crippen molar-refractivity contribution in [1.82, 2.24) is 4.90 Å². The Bertz CT molecular complexity index is 428. The Morgan fingerprint density at radius 1 is 1.50 bits per heavy atom. The van der Waals surface area contributed by atoms with Gasteiger partial charge < -0.3 is 9.84 Å². The summed E-state index contributed by atoms with van der Waals surface area (Å²) in [7, 11) is 2.01. The predicted octanol–water partition coefficient (Wildman–Crippen LogP) is 2.46. The van der Waals surface area contributed by atoms with Gasteiger partial charge in [-0.05, 0) is 44.7 Å². The molecule has 1 atom stereocenters. The minimum Gasteiger partial charge on any atom is -0.488 e. The molecule has 1 N–H and O–H groups in total.